The second-order valence-electron chi connectivity index (χ2n) is 10.6. The summed E-state index contributed by atoms with van der Waals surface area (Å²) in [6.45, 7) is 9.37. The van der Waals surface area contributed by atoms with Crippen molar-refractivity contribution in [2.45, 2.75) is 58.7 Å². The predicted molar refractivity (Wildman–Crippen MR) is 155 cm³/mol. The fourth-order valence-electron chi connectivity index (χ4n) is 5.21. The van der Waals surface area contributed by atoms with Crippen LogP contribution in [0.5, 0.6) is 5.75 Å². The predicted octanol–water partition coefficient (Wildman–Crippen LogP) is 5.04. The summed E-state index contributed by atoms with van der Waals surface area (Å²) in [5, 5.41) is 18.3. The maximum atomic E-state index is 14.7. The number of nitrogens with one attached hydrogen (secondary N) is 1. The Morgan fingerprint density at radius 1 is 1.15 bits per heavy atom. The number of aliphatic hydroxyl groups is 1. The summed E-state index contributed by atoms with van der Waals surface area (Å²) < 4.78 is 31.6. The van der Waals surface area contributed by atoms with Gasteiger partial charge in [0.25, 0.3) is 0 Å². The van der Waals surface area contributed by atoms with Crippen molar-refractivity contribution in [1.82, 2.24) is 20.1 Å². The molecule has 1 aliphatic heterocycles. The van der Waals surface area contributed by atoms with E-state index in [1.807, 2.05) is 37.1 Å². The van der Waals surface area contributed by atoms with Crippen molar-refractivity contribution in [3.05, 3.63) is 59.2 Å². The minimum absolute atomic E-state index is 0.122. The van der Waals surface area contributed by atoms with Gasteiger partial charge in [-0.15, -0.1) is 0 Å². The van der Waals surface area contributed by atoms with Gasteiger partial charge < -0.3 is 29.3 Å². The molecule has 10 nitrogen and oxygen atoms in total. The Balaban J connectivity index is 1.32. The molecule has 1 saturated heterocycles. The lowest BCUT2D eigenvalue weighted by molar-refractivity contribution is -0.0262. The van der Waals surface area contributed by atoms with Crippen LogP contribution in [0.3, 0.4) is 0 Å². The van der Waals surface area contributed by atoms with Gasteiger partial charge in [0.05, 0.1) is 38.2 Å². The van der Waals surface area contributed by atoms with Crippen LogP contribution >= 0.6 is 0 Å². The standard InChI is InChI=1S/C30H37FN6O4/c1-18(2)21-5-6-26(39-13-9-22-19(3)36-41-20(22)4)24-16-33-29(15-23(21)24)34-28-7-10-32-30(35-28)37-11-8-27(25(31)17-37)40-14-12-38/h5-7,10,15-16,18,25,27,38H,8-9,11-14,17H2,1-4H3,(H,32,33,34,35)/t25-,27+/m0/s1. The zero-order valence-electron chi connectivity index (χ0n) is 23.9. The van der Waals surface area contributed by atoms with E-state index in [2.05, 4.69) is 45.3 Å². The Morgan fingerprint density at radius 2 is 2.00 bits per heavy atom. The van der Waals surface area contributed by atoms with E-state index in [1.54, 1.807) is 12.3 Å². The van der Waals surface area contributed by atoms with Gasteiger partial charge in [0, 0.05) is 36.3 Å². The molecule has 0 aliphatic carbocycles. The molecule has 3 aromatic heterocycles. The molecule has 218 valence electrons. The summed E-state index contributed by atoms with van der Waals surface area (Å²) in [4.78, 5) is 15.5. The zero-order valence-corrected chi connectivity index (χ0v) is 23.9. The number of benzene rings is 1. The summed E-state index contributed by atoms with van der Waals surface area (Å²) in [6.07, 6.45) is 2.96. The minimum atomic E-state index is -1.19. The molecule has 0 bridgehead atoms. The van der Waals surface area contributed by atoms with Crippen LogP contribution in [0.25, 0.3) is 10.8 Å². The van der Waals surface area contributed by atoms with E-state index >= 15 is 0 Å². The maximum absolute atomic E-state index is 14.7. The molecule has 1 aliphatic rings. The highest BCUT2D eigenvalue weighted by Crippen LogP contribution is 2.34. The second kappa shape index (κ2) is 12.8. The number of aliphatic hydroxyl groups excluding tert-OH is 1. The van der Waals surface area contributed by atoms with Crippen LogP contribution in [-0.2, 0) is 11.2 Å². The van der Waals surface area contributed by atoms with E-state index in [4.69, 9.17) is 19.1 Å². The normalized spacial score (nSPS) is 17.4. The van der Waals surface area contributed by atoms with Crippen LogP contribution < -0.4 is 15.0 Å². The van der Waals surface area contributed by atoms with Crippen molar-refractivity contribution in [3.8, 4) is 5.75 Å². The third kappa shape index (κ3) is 6.57. The number of aryl methyl sites for hydroxylation is 2. The number of hydrogen-bond donors (Lipinski definition) is 2. The lowest BCUT2D eigenvalue weighted by Gasteiger charge is -2.34. The van der Waals surface area contributed by atoms with Crippen molar-refractivity contribution >= 4 is 28.4 Å². The monoisotopic (exact) mass is 564 g/mol. The summed E-state index contributed by atoms with van der Waals surface area (Å²) >= 11 is 0. The van der Waals surface area contributed by atoms with Crippen LogP contribution in [0, 0.1) is 13.8 Å². The molecule has 2 atom stereocenters. The van der Waals surface area contributed by atoms with E-state index < -0.39 is 12.3 Å². The lowest BCUT2D eigenvalue weighted by Crippen LogP contribution is -2.46. The average Bonchev–Trinajstić information content (AvgIpc) is 3.28. The molecule has 11 heteroatoms. The number of nitrogens with zero attached hydrogens (tertiary/aromatic N) is 5. The van der Waals surface area contributed by atoms with Crippen LogP contribution in [0.2, 0.25) is 0 Å². The quantitative estimate of drug-likeness (QED) is 0.256. The van der Waals surface area contributed by atoms with Gasteiger partial charge in [-0.05, 0) is 55.3 Å². The molecule has 4 heterocycles. The maximum Gasteiger partial charge on any atom is 0.227 e. The van der Waals surface area contributed by atoms with E-state index in [9.17, 15) is 4.39 Å². The van der Waals surface area contributed by atoms with Gasteiger partial charge in [0.1, 0.15) is 29.3 Å². The molecular weight excluding hydrogens is 527 g/mol. The van der Waals surface area contributed by atoms with Crippen LogP contribution in [-0.4, -0.2) is 70.4 Å². The molecule has 4 aromatic rings. The molecule has 1 fully saturated rings. The molecule has 0 radical (unpaired) electrons. The van der Waals surface area contributed by atoms with Crippen LogP contribution in [0.15, 0.2) is 41.2 Å². The Bertz CT molecular complexity index is 1460. The number of ether oxygens (including phenoxy) is 2. The number of alkyl halides is 1. The SMILES string of the molecule is Cc1noc(C)c1CCOc1ccc(C(C)C)c2cc(Nc3ccnc(N4CC[C@@H](OCCO)[C@@H](F)C4)n3)ncc12. The van der Waals surface area contributed by atoms with Gasteiger partial charge in [-0.3, -0.25) is 0 Å². The van der Waals surface area contributed by atoms with Crippen molar-refractivity contribution < 1.29 is 23.5 Å². The first kappa shape index (κ1) is 28.7. The molecule has 41 heavy (non-hydrogen) atoms. The van der Waals surface area contributed by atoms with Gasteiger partial charge in [-0.25, -0.2) is 14.4 Å². The van der Waals surface area contributed by atoms with E-state index in [-0.39, 0.29) is 19.8 Å². The molecule has 0 unspecified atom stereocenters. The van der Waals surface area contributed by atoms with Gasteiger partial charge in [-0.2, -0.15) is 4.98 Å². The molecule has 2 N–H and O–H groups in total. The molecule has 0 saturated carbocycles. The van der Waals surface area contributed by atoms with Crippen LogP contribution in [0.4, 0.5) is 22.0 Å². The number of hydrogen-bond acceptors (Lipinski definition) is 10. The van der Waals surface area contributed by atoms with Crippen LogP contribution in [0.1, 0.15) is 48.8 Å². The first-order valence-electron chi connectivity index (χ1n) is 14.0. The largest absolute Gasteiger partial charge is 0.493 e. The summed E-state index contributed by atoms with van der Waals surface area (Å²) in [7, 11) is 0. The molecule has 1 aromatic carbocycles. The van der Waals surface area contributed by atoms with Crippen molar-refractivity contribution in [2.24, 2.45) is 0 Å². The molecule has 0 spiro atoms. The van der Waals surface area contributed by atoms with Gasteiger partial charge in [-0.1, -0.05) is 25.1 Å². The molecular formula is C30H37FN6O4. The van der Waals surface area contributed by atoms with Crippen molar-refractivity contribution in [1.29, 1.82) is 0 Å². The first-order valence-corrected chi connectivity index (χ1v) is 14.0. The third-order valence-corrected chi connectivity index (χ3v) is 7.39. The average molecular weight is 565 g/mol. The van der Waals surface area contributed by atoms with Gasteiger partial charge in [0.15, 0.2) is 0 Å². The van der Waals surface area contributed by atoms with Gasteiger partial charge >= 0.3 is 0 Å². The number of pyridine rings is 1. The van der Waals surface area contributed by atoms with E-state index in [0.717, 1.165) is 33.5 Å². The first-order chi connectivity index (χ1) is 19.8. The Morgan fingerprint density at radius 3 is 2.73 bits per heavy atom. The fourth-order valence-corrected chi connectivity index (χ4v) is 5.21. The molecule has 5 rings (SSSR count). The zero-order chi connectivity index (χ0) is 28.9. The minimum Gasteiger partial charge on any atom is -0.493 e. The number of piperidine rings is 1. The van der Waals surface area contributed by atoms with Crippen molar-refractivity contribution in [3.63, 3.8) is 0 Å². The second-order valence-corrected chi connectivity index (χ2v) is 10.6. The van der Waals surface area contributed by atoms with E-state index in [1.165, 1.54) is 5.56 Å². The number of halogens is 1. The summed E-state index contributed by atoms with van der Waals surface area (Å²) in [6, 6.07) is 7.88. The Hall–Kier alpha value is -3.83. The number of anilines is 3. The van der Waals surface area contributed by atoms with Crippen molar-refractivity contribution in [2.75, 3.05) is 43.1 Å². The van der Waals surface area contributed by atoms with Gasteiger partial charge in [0.2, 0.25) is 5.95 Å². The Labute approximate surface area is 238 Å². The summed E-state index contributed by atoms with van der Waals surface area (Å²) in [5.74, 6) is 3.53. The topological polar surface area (TPSA) is 119 Å². The highest BCUT2D eigenvalue weighted by atomic mass is 19.1. The van der Waals surface area contributed by atoms with E-state index in [0.29, 0.717) is 49.5 Å². The highest BCUT2D eigenvalue weighted by Gasteiger charge is 2.31. The smallest absolute Gasteiger partial charge is 0.227 e. The summed E-state index contributed by atoms with van der Waals surface area (Å²) in [5.41, 5.74) is 3.15. The number of rotatable bonds is 11. The molecule has 0 amide bonds. The number of aromatic nitrogens is 4. The fraction of sp³-hybridized carbons (Fsp3) is 0.467. The number of fused-ring (bicyclic) bond motifs is 1. The third-order valence-electron chi connectivity index (χ3n) is 7.39. The highest BCUT2D eigenvalue weighted by molar-refractivity contribution is 5.92. The Kier molecular flexibility index (Phi) is 8.94. The lowest BCUT2D eigenvalue weighted by atomic mass is 9.96.